The van der Waals surface area contributed by atoms with Gasteiger partial charge in [0.1, 0.15) is 6.61 Å². The Balaban J connectivity index is 1.10. The van der Waals surface area contributed by atoms with E-state index in [2.05, 4.69) is 28.9 Å². The van der Waals surface area contributed by atoms with Gasteiger partial charge in [-0.2, -0.15) is 0 Å². The van der Waals surface area contributed by atoms with Gasteiger partial charge in [0.15, 0.2) is 0 Å². The summed E-state index contributed by atoms with van der Waals surface area (Å²) in [5.74, 6) is -0.374. The van der Waals surface area contributed by atoms with Crippen LogP contribution in [-0.4, -0.2) is 41.1 Å². The van der Waals surface area contributed by atoms with E-state index in [4.69, 9.17) is 4.74 Å². The Morgan fingerprint density at radius 1 is 0.935 bits per heavy atom. The number of ether oxygens (including phenoxy) is 1. The van der Waals surface area contributed by atoms with E-state index in [0.717, 1.165) is 23.2 Å². The number of benzene rings is 4. The molecule has 0 spiro atoms. The Morgan fingerprint density at radius 2 is 1.63 bits per heavy atom. The number of sulfonamides is 1. The van der Waals surface area contributed by atoms with Crippen LogP contribution in [0.3, 0.4) is 0 Å². The zero-order valence-corrected chi connectivity index (χ0v) is 26.7. The van der Waals surface area contributed by atoms with Crippen molar-refractivity contribution >= 4 is 21.7 Å². The lowest BCUT2D eigenvalue weighted by Gasteiger charge is -2.28. The standard InChI is InChI=1S/C36H38N4O5S/c1-36(2,38-23-34(41)30-12-9-13-31(22-30)39-46(43,44)32-14-7-4-8-15-32)20-21-40-24-33(37-26-40)28-16-18-29(19-17-28)35(42)45-25-27-10-5-3-6-11-27/h3-19,22,24,26,34,38-39,41H,20-21,23,25H2,1-2H3. The third-order valence-corrected chi connectivity index (χ3v) is 9.01. The van der Waals surface area contributed by atoms with E-state index >= 15 is 0 Å². The molecular weight excluding hydrogens is 600 g/mol. The predicted octanol–water partition coefficient (Wildman–Crippen LogP) is 6.20. The summed E-state index contributed by atoms with van der Waals surface area (Å²) in [7, 11) is -3.73. The second kappa shape index (κ2) is 14.6. The molecule has 0 aliphatic carbocycles. The van der Waals surface area contributed by atoms with Crippen LogP contribution in [0.1, 0.15) is 47.9 Å². The van der Waals surface area contributed by atoms with Crippen LogP contribution in [0.25, 0.3) is 11.3 Å². The van der Waals surface area contributed by atoms with Crippen molar-refractivity contribution in [1.29, 1.82) is 0 Å². The van der Waals surface area contributed by atoms with Crippen molar-refractivity contribution in [2.24, 2.45) is 0 Å². The Hall–Kier alpha value is -4.77. The fourth-order valence-corrected chi connectivity index (χ4v) is 5.90. The second-order valence-corrected chi connectivity index (χ2v) is 13.4. The molecule has 1 aromatic heterocycles. The molecule has 5 rings (SSSR count). The third kappa shape index (κ3) is 8.91. The molecular formula is C36H38N4O5S. The first-order valence-electron chi connectivity index (χ1n) is 15.0. The summed E-state index contributed by atoms with van der Waals surface area (Å²) in [6, 6.07) is 31.7. The minimum Gasteiger partial charge on any atom is -0.457 e. The molecule has 9 nitrogen and oxygen atoms in total. The summed E-state index contributed by atoms with van der Waals surface area (Å²) in [6.45, 7) is 5.35. The molecule has 0 radical (unpaired) electrons. The van der Waals surface area contributed by atoms with Gasteiger partial charge in [0, 0.05) is 36.1 Å². The van der Waals surface area contributed by atoms with Crippen molar-refractivity contribution in [2.75, 3.05) is 11.3 Å². The van der Waals surface area contributed by atoms with Gasteiger partial charge in [0.2, 0.25) is 0 Å². The number of aryl methyl sites for hydroxylation is 1. The van der Waals surface area contributed by atoms with Gasteiger partial charge in [-0.3, -0.25) is 4.72 Å². The Bertz CT molecular complexity index is 1840. The molecule has 238 valence electrons. The van der Waals surface area contributed by atoms with Crippen molar-refractivity contribution < 1.29 is 23.1 Å². The summed E-state index contributed by atoms with van der Waals surface area (Å²) >= 11 is 0. The number of anilines is 1. The molecule has 46 heavy (non-hydrogen) atoms. The summed E-state index contributed by atoms with van der Waals surface area (Å²) < 4.78 is 35.4. The van der Waals surface area contributed by atoms with E-state index in [9.17, 15) is 18.3 Å². The highest BCUT2D eigenvalue weighted by atomic mass is 32.2. The van der Waals surface area contributed by atoms with Gasteiger partial charge in [-0.1, -0.05) is 72.8 Å². The molecule has 5 aromatic rings. The van der Waals surface area contributed by atoms with E-state index in [0.29, 0.717) is 23.4 Å². The topological polar surface area (TPSA) is 123 Å². The average Bonchev–Trinajstić information content (AvgIpc) is 3.55. The van der Waals surface area contributed by atoms with Crippen LogP contribution in [0.4, 0.5) is 5.69 Å². The van der Waals surface area contributed by atoms with E-state index in [1.807, 2.05) is 53.2 Å². The van der Waals surface area contributed by atoms with Gasteiger partial charge in [0.25, 0.3) is 10.0 Å². The lowest BCUT2D eigenvalue weighted by atomic mass is 9.99. The largest absolute Gasteiger partial charge is 0.457 e. The van der Waals surface area contributed by atoms with E-state index in [-0.39, 0.29) is 29.6 Å². The van der Waals surface area contributed by atoms with Gasteiger partial charge < -0.3 is 19.7 Å². The number of rotatable bonds is 14. The molecule has 0 saturated carbocycles. The fraction of sp³-hybridized carbons (Fsp3) is 0.222. The number of hydrogen-bond donors (Lipinski definition) is 3. The molecule has 0 saturated heterocycles. The zero-order chi connectivity index (χ0) is 32.6. The monoisotopic (exact) mass is 638 g/mol. The first-order valence-corrected chi connectivity index (χ1v) is 16.5. The van der Waals surface area contributed by atoms with Crippen molar-refractivity contribution in [3.05, 3.63) is 138 Å². The number of esters is 1. The second-order valence-electron chi connectivity index (χ2n) is 11.7. The third-order valence-electron chi connectivity index (χ3n) is 7.61. The van der Waals surface area contributed by atoms with Crippen LogP contribution in [0.2, 0.25) is 0 Å². The van der Waals surface area contributed by atoms with E-state index in [1.54, 1.807) is 60.9 Å². The molecule has 3 N–H and O–H groups in total. The number of aliphatic hydroxyl groups excluding tert-OH is 1. The van der Waals surface area contributed by atoms with Crippen molar-refractivity contribution in [2.45, 2.75) is 50.0 Å². The zero-order valence-electron chi connectivity index (χ0n) is 25.8. The highest BCUT2D eigenvalue weighted by Crippen LogP contribution is 2.23. The Morgan fingerprint density at radius 3 is 2.35 bits per heavy atom. The van der Waals surface area contributed by atoms with E-state index < -0.39 is 16.1 Å². The van der Waals surface area contributed by atoms with Crippen LogP contribution in [0, 0.1) is 0 Å². The number of aliphatic hydroxyl groups is 1. The summed E-state index contributed by atoms with van der Waals surface area (Å²) in [4.78, 5) is 17.2. The summed E-state index contributed by atoms with van der Waals surface area (Å²) in [5.41, 5.74) is 3.79. The number of hydrogen-bond acceptors (Lipinski definition) is 7. The quantitative estimate of drug-likeness (QED) is 0.124. The number of imidazole rings is 1. The predicted molar refractivity (Wildman–Crippen MR) is 179 cm³/mol. The van der Waals surface area contributed by atoms with Crippen LogP contribution >= 0.6 is 0 Å². The van der Waals surface area contributed by atoms with Crippen molar-refractivity contribution in [3.63, 3.8) is 0 Å². The highest BCUT2D eigenvalue weighted by molar-refractivity contribution is 7.92. The Labute approximate surface area is 270 Å². The molecule has 1 atom stereocenters. The van der Waals surface area contributed by atoms with Crippen LogP contribution < -0.4 is 10.0 Å². The molecule has 4 aromatic carbocycles. The average molecular weight is 639 g/mol. The SMILES string of the molecule is CC(C)(CCn1cnc(-c2ccc(C(=O)OCc3ccccc3)cc2)c1)NCC(O)c1cccc(NS(=O)(=O)c2ccccc2)c1. The van der Waals surface area contributed by atoms with Crippen molar-refractivity contribution in [1.82, 2.24) is 14.9 Å². The highest BCUT2D eigenvalue weighted by Gasteiger charge is 2.20. The van der Waals surface area contributed by atoms with Gasteiger partial charge in [0.05, 0.1) is 28.6 Å². The maximum Gasteiger partial charge on any atom is 0.338 e. The maximum absolute atomic E-state index is 12.7. The molecule has 1 heterocycles. The van der Waals surface area contributed by atoms with Gasteiger partial charge in [-0.15, -0.1) is 0 Å². The summed E-state index contributed by atoms with van der Waals surface area (Å²) in [5, 5.41) is 14.3. The molecule has 0 fully saturated rings. The first kappa shape index (κ1) is 32.6. The molecule has 0 bridgehead atoms. The molecule has 10 heteroatoms. The normalized spacial score (nSPS) is 12.4. The lowest BCUT2D eigenvalue weighted by molar-refractivity contribution is 0.0472. The number of aromatic nitrogens is 2. The van der Waals surface area contributed by atoms with Crippen LogP contribution in [-0.2, 0) is 27.9 Å². The summed E-state index contributed by atoms with van der Waals surface area (Å²) in [6.07, 6.45) is 3.68. The number of β-amino-alcohol motifs (C(OH)–C–C–N with tert-alkyl or cyclic N) is 1. The number of carbonyl (C=O) groups is 1. The van der Waals surface area contributed by atoms with Crippen LogP contribution in [0.5, 0.6) is 0 Å². The van der Waals surface area contributed by atoms with Crippen LogP contribution in [0.15, 0.2) is 127 Å². The minimum absolute atomic E-state index is 0.170. The first-order chi connectivity index (χ1) is 22.1. The lowest BCUT2D eigenvalue weighted by Crippen LogP contribution is -2.42. The van der Waals surface area contributed by atoms with Crippen molar-refractivity contribution in [3.8, 4) is 11.3 Å². The number of nitrogens with one attached hydrogen (secondary N) is 2. The molecule has 0 aliphatic rings. The Kier molecular flexibility index (Phi) is 10.3. The van der Waals surface area contributed by atoms with Gasteiger partial charge in [-0.05, 0) is 67.8 Å². The van der Waals surface area contributed by atoms with Gasteiger partial charge in [-0.25, -0.2) is 18.2 Å². The molecule has 0 amide bonds. The maximum atomic E-state index is 12.7. The van der Waals surface area contributed by atoms with Gasteiger partial charge >= 0.3 is 5.97 Å². The smallest absolute Gasteiger partial charge is 0.338 e. The number of carbonyl (C=O) groups excluding carboxylic acids is 1. The molecule has 1 unspecified atom stereocenters. The van der Waals surface area contributed by atoms with E-state index in [1.165, 1.54) is 12.1 Å². The fourth-order valence-electron chi connectivity index (χ4n) is 4.83. The number of nitrogens with zero attached hydrogens (tertiary/aromatic N) is 2. The minimum atomic E-state index is -3.73. The molecule has 0 aliphatic heterocycles.